The van der Waals surface area contributed by atoms with Crippen molar-refractivity contribution in [2.24, 2.45) is 0 Å². The maximum atomic E-state index is 12.6. The fourth-order valence-electron chi connectivity index (χ4n) is 2.49. The van der Waals surface area contributed by atoms with Gasteiger partial charge in [0.05, 0.1) is 17.1 Å². The molecule has 0 bridgehead atoms. The second-order valence-electron chi connectivity index (χ2n) is 5.27. The summed E-state index contributed by atoms with van der Waals surface area (Å²) in [7, 11) is 0.452. The van der Waals surface area contributed by atoms with E-state index in [0.29, 0.717) is 12.0 Å². The van der Waals surface area contributed by atoms with Gasteiger partial charge in [0.2, 0.25) is 0 Å². The molecule has 0 radical (unpaired) electrons. The maximum absolute atomic E-state index is 12.6. The van der Waals surface area contributed by atoms with Gasteiger partial charge in [-0.3, -0.25) is 4.79 Å². The summed E-state index contributed by atoms with van der Waals surface area (Å²) in [5.74, 6) is 0.0953. The molecule has 2 rings (SSSR count). The largest absolute Gasteiger partial charge is 0.387 e. The Morgan fingerprint density at radius 3 is 2.65 bits per heavy atom. The Morgan fingerprint density at radius 2 is 2.10 bits per heavy atom. The van der Waals surface area contributed by atoms with Crippen LogP contribution in [-0.4, -0.2) is 50.9 Å². The van der Waals surface area contributed by atoms with Crippen LogP contribution in [0.25, 0.3) is 0 Å². The molecule has 5 nitrogen and oxygen atoms in total. The predicted octanol–water partition coefficient (Wildman–Crippen LogP) is 1.30. The zero-order valence-electron chi connectivity index (χ0n) is 12.0. The molecule has 1 saturated heterocycles. The van der Waals surface area contributed by atoms with Crippen LogP contribution in [0.2, 0.25) is 0 Å². The van der Waals surface area contributed by atoms with Crippen LogP contribution in [0.5, 0.6) is 0 Å². The molecule has 20 heavy (non-hydrogen) atoms. The van der Waals surface area contributed by atoms with Crippen molar-refractivity contribution in [3.63, 3.8) is 0 Å². The first kappa shape index (κ1) is 14.8. The van der Waals surface area contributed by atoms with E-state index >= 15 is 0 Å². The topological polar surface area (TPSA) is 66.5 Å². The van der Waals surface area contributed by atoms with Gasteiger partial charge in [-0.1, -0.05) is 11.6 Å². The van der Waals surface area contributed by atoms with E-state index in [0.717, 1.165) is 11.3 Å². The first-order valence-corrected chi connectivity index (χ1v) is 8.42. The Morgan fingerprint density at radius 1 is 1.40 bits per heavy atom. The molecule has 1 amide bonds. The standard InChI is InChI=1S/C14H20N2O3S/c1-10-4-5-13(15-2)12(8-10)14(17)16(3)11-6-7-20(18,19)9-11/h4-5,8,11,15H,6-7,9H2,1-3H3. The minimum atomic E-state index is -2.99. The van der Waals surface area contributed by atoms with Gasteiger partial charge in [0.25, 0.3) is 5.91 Å². The van der Waals surface area contributed by atoms with Crippen molar-refractivity contribution in [2.75, 3.05) is 30.9 Å². The van der Waals surface area contributed by atoms with Gasteiger partial charge in [0.15, 0.2) is 9.84 Å². The summed E-state index contributed by atoms with van der Waals surface area (Å²) in [6.07, 6.45) is 0.519. The van der Waals surface area contributed by atoms with Crippen LogP contribution in [0.3, 0.4) is 0 Å². The molecule has 0 aliphatic carbocycles. The second kappa shape index (κ2) is 5.44. The molecule has 0 spiro atoms. The molecule has 1 unspecified atom stereocenters. The summed E-state index contributed by atoms with van der Waals surface area (Å²) in [6, 6.07) is 5.40. The lowest BCUT2D eigenvalue weighted by molar-refractivity contribution is 0.0748. The van der Waals surface area contributed by atoms with Crippen molar-refractivity contribution >= 4 is 21.4 Å². The van der Waals surface area contributed by atoms with Gasteiger partial charge in [-0.25, -0.2) is 8.42 Å². The number of aryl methyl sites for hydroxylation is 1. The summed E-state index contributed by atoms with van der Waals surface area (Å²) >= 11 is 0. The van der Waals surface area contributed by atoms with Crippen molar-refractivity contribution in [3.8, 4) is 0 Å². The molecule has 1 fully saturated rings. The number of carbonyl (C=O) groups excluding carboxylic acids is 1. The Hall–Kier alpha value is -1.56. The average molecular weight is 296 g/mol. The second-order valence-corrected chi connectivity index (χ2v) is 7.50. The average Bonchev–Trinajstić information content (AvgIpc) is 2.77. The van der Waals surface area contributed by atoms with Gasteiger partial charge in [-0.2, -0.15) is 0 Å². The summed E-state index contributed by atoms with van der Waals surface area (Å²) in [6.45, 7) is 1.93. The normalized spacial score (nSPS) is 20.6. The van der Waals surface area contributed by atoms with Crippen molar-refractivity contribution in [1.82, 2.24) is 4.90 Å². The number of carbonyl (C=O) groups is 1. The van der Waals surface area contributed by atoms with E-state index in [2.05, 4.69) is 5.32 Å². The van der Waals surface area contributed by atoms with Crippen molar-refractivity contribution in [2.45, 2.75) is 19.4 Å². The highest BCUT2D eigenvalue weighted by Gasteiger charge is 2.33. The Labute approximate surface area is 119 Å². The highest BCUT2D eigenvalue weighted by atomic mass is 32.2. The summed E-state index contributed by atoms with van der Waals surface area (Å²) in [4.78, 5) is 14.1. The molecule has 0 aromatic heterocycles. The van der Waals surface area contributed by atoms with Crippen molar-refractivity contribution < 1.29 is 13.2 Å². The number of nitrogens with one attached hydrogen (secondary N) is 1. The zero-order valence-corrected chi connectivity index (χ0v) is 12.8. The number of hydrogen-bond acceptors (Lipinski definition) is 4. The minimum absolute atomic E-state index is 0.0654. The van der Waals surface area contributed by atoms with Crippen LogP contribution in [0.4, 0.5) is 5.69 Å². The zero-order chi connectivity index (χ0) is 14.9. The van der Waals surface area contributed by atoms with E-state index < -0.39 is 9.84 Å². The Bertz CT molecular complexity index is 625. The number of benzene rings is 1. The fraction of sp³-hybridized carbons (Fsp3) is 0.500. The number of anilines is 1. The predicted molar refractivity (Wildman–Crippen MR) is 79.9 cm³/mol. The molecule has 1 aliphatic heterocycles. The van der Waals surface area contributed by atoms with Gasteiger partial charge in [0, 0.05) is 25.8 Å². The number of amides is 1. The fourth-order valence-corrected chi connectivity index (χ4v) is 4.26. The number of sulfone groups is 1. The van der Waals surface area contributed by atoms with Crippen LogP contribution < -0.4 is 5.32 Å². The smallest absolute Gasteiger partial charge is 0.255 e. The van der Waals surface area contributed by atoms with E-state index in [1.54, 1.807) is 19.0 Å². The third-order valence-corrected chi connectivity index (χ3v) is 5.50. The molecule has 1 aromatic carbocycles. The molecule has 1 heterocycles. The Balaban J connectivity index is 2.25. The van der Waals surface area contributed by atoms with E-state index in [-0.39, 0.29) is 23.5 Å². The van der Waals surface area contributed by atoms with Crippen LogP contribution in [0.1, 0.15) is 22.3 Å². The monoisotopic (exact) mass is 296 g/mol. The van der Waals surface area contributed by atoms with Gasteiger partial charge >= 0.3 is 0 Å². The third-order valence-electron chi connectivity index (χ3n) is 3.75. The lowest BCUT2D eigenvalue weighted by atomic mass is 10.1. The van der Waals surface area contributed by atoms with E-state index in [4.69, 9.17) is 0 Å². The van der Waals surface area contributed by atoms with Gasteiger partial charge in [-0.15, -0.1) is 0 Å². The molecule has 6 heteroatoms. The highest BCUT2D eigenvalue weighted by Crippen LogP contribution is 2.22. The first-order valence-electron chi connectivity index (χ1n) is 6.60. The molecule has 1 N–H and O–H groups in total. The maximum Gasteiger partial charge on any atom is 0.255 e. The van der Waals surface area contributed by atoms with Crippen LogP contribution in [0.15, 0.2) is 18.2 Å². The molecular weight excluding hydrogens is 276 g/mol. The van der Waals surface area contributed by atoms with Crippen LogP contribution in [-0.2, 0) is 9.84 Å². The number of nitrogens with zero attached hydrogens (tertiary/aromatic N) is 1. The lowest BCUT2D eigenvalue weighted by Gasteiger charge is -2.24. The van der Waals surface area contributed by atoms with E-state index in [9.17, 15) is 13.2 Å². The van der Waals surface area contributed by atoms with Gasteiger partial charge in [0.1, 0.15) is 0 Å². The highest BCUT2D eigenvalue weighted by molar-refractivity contribution is 7.91. The van der Waals surface area contributed by atoms with E-state index in [1.165, 1.54) is 0 Å². The molecule has 1 aromatic rings. The molecule has 110 valence electrons. The number of hydrogen-bond donors (Lipinski definition) is 1. The quantitative estimate of drug-likeness (QED) is 0.913. The Kier molecular flexibility index (Phi) is 4.04. The molecule has 0 saturated carbocycles. The first-order chi connectivity index (χ1) is 9.34. The summed E-state index contributed by atoms with van der Waals surface area (Å²) < 4.78 is 23.1. The van der Waals surface area contributed by atoms with E-state index in [1.807, 2.05) is 25.1 Å². The molecular formula is C14H20N2O3S. The van der Waals surface area contributed by atoms with Crippen molar-refractivity contribution in [1.29, 1.82) is 0 Å². The SMILES string of the molecule is CNc1ccc(C)cc1C(=O)N(C)C1CCS(=O)(=O)C1. The number of rotatable bonds is 3. The molecule has 1 aliphatic rings. The lowest BCUT2D eigenvalue weighted by Crippen LogP contribution is -2.38. The van der Waals surface area contributed by atoms with Crippen molar-refractivity contribution in [3.05, 3.63) is 29.3 Å². The minimum Gasteiger partial charge on any atom is -0.387 e. The van der Waals surface area contributed by atoms with Crippen LogP contribution >= 0.6 is 0 Å². The summed E-state index contributed by atoms with van der Waals surface area (Å²) in [5.41, 5.74) is 2.34. The van der Waals surface area contributed by atoms with Gasteiger partial charge in [-0.05, 0) is 25.5 Å². The van der Waals surface area contributed by atoms with Gasteiger partial charge < -0.3 is 10.2 Å². The third kappa shape index (κ3) is 2.95. The summed E-state index contributed by atoms with van der Waals surface area (Å²) in [5, 5.41) is 3.00. The molecule has 1 atom stereocenters. The van der Waals surface area contributed by atoms with Crippen LogP contribution in [0, 0.1) is 6.92 Å².